The Balaban J connectivity index is 1.39. The Labute approximate surface area is 182 Å². The number of aromatic nitrogens is 2. The van der Waals surface area contributed by atoms with E-state index in [1.165, 1.54) is 10.1 Å². The molecule has 0 unspecified atom stereocenters. The topological polar surface area (TPSA) is 109 Å². The van der Waals surface area contributed by atoms with E-state index in [0.29, 0.717) is 12.6 Å². The van der Waals surface area contributed by atoms with Gasteiger partial charge in [0.05, 0.1) is 5.69 Å². The highest BCUT2D eigenvalue weighted by Gasteiger charge is 2.23. The zero-order valence-electron chi connectivity index (χ0n) is 18.0. The van der Waals surface area contributed by atoms with Crippen LogP contribution in [0.25, 0.3) is 5.69 Å². The highest BCUT2D eigenvalue weighted by Crippen LogP contribution is 2.15. The molecule has 2 saturated heterocycles. The quantitative estimate of drug-likeness (QED) is 0.674. The van der Waals surface area contributed by atoms with Gasteiger partial charge in [-0.25, -0.2) is 9.59 Å². The number of amides is 2. The number of likely N-dealkylation sites (tertiary alicyclic amines) is 1. The van der Waals surface area contributed by atoms with Crippen molar-refractivity contribution in [3.8, 4) is 5.69 Å². The van der Waals surface area contributed by atoms with Gasteiger partial charge in [-0.1, -0.05) is 12.1 Å². The van der Waals surface area contributed by atoms with Crippen molar-refractivity contribution >= 4 is 11.8 Å². The largest absolute Gasteiger partial charge is 0.354 e. The van der Waals surface area contributed by atoms with Gasteiger partial charge in [-0.15, -0.1) is 0 Å². The van der Waals surface area contributed by atoms with Gasteiger partial charge in [0.1, 0.15) is 5.82 Å². The standard InChI is InChI=1S/C22H31N7O2/c1-16-14-24-9-13-28(16)21(30)25-20-8-12-29(22(31)26-20)19-4-2-17(3-5-19)15-27-10-6-18(23)7-11-27/h2-5,8,12,16,18,24H,6-7,9-11,13-15,23H2,1H3,(H,25,26,30,31)/t16-/m1/s1. The number of benzene rings is 1. The van der Waals surface area contributed by atoms with E-state index in [4.69, 9.17) is 5.73 Å². The molecule has 1 aromatic carbocycles. The average Bonchev–Trinajstić information content (AvgIpc) is 2.76. The molecule has 2 aromatic rings. The van der Waals surface area contributed by atoms with Crippen LogP contribution in [0.5, 0.6) is 0 Å². The number of urea groups is 1. The van der Waals surface area contributed by atoms with Crippen molar-refractivity contribution in [1.82, 2.24) is 24.7 Å². The van der Waals surface area contributed by atoms with Crippen LogP contribution in [0, 0.1) is 0 Å². The average molecular weight is 426 g/mol. The first kappa shape index (κ1) is 21.5. The third-order valence-corrected chi connectivity index (χ3v) is 6.05. The summed E-state index contributed by atoms with van der Waals surface area (Å²) < 4.78 is 1.48. The predicted molar refractivity (Wildman–Crippen MR) is 120 cm³/mol. The lowest BCUT2D eigenvalue weighted by atomic mass is 10.1. The third-order valence-electron chi connectivity index (χ3n) is 6.05. The normalized spacial score (nSPS) is 20.6. The molecule has 1 aromatic heterocycles. The molecule has 2 aliphatic heterocycles. The van der Waals surface area contributed by atoms with Gasteiger partial charge in [-0.2, -0.15) is 4.98 Å². The number of carbonyl (C=O) groups is 1. The maximum absolute atomic E-state index is 12.6. The molecule has 0 radical (unpaired) electrons. The van der Waals surface area contributed by atoms with E-state index in [-0.39, 0.29) is 17.9 Å². The first-order valence-corrected chi connectivity index (χ1v) is 10.9. The summed E-state index contributed by atoms with van der Waals surface area (Å²) in [5, 5.41) is 5.99. The van der Waals surface area contributed by atoms with Crippen LogP contribution in [0.15, 0.2) is 41.3 Å². The van der Waals surface area contributed by atoms with Crippen LogP contribution < -0.4 is 22.1 Å². The highest BCUT2D eigenvalue weighted by molar-refractivity contribution is 5.88. The SMILES string of the molecule is C[C@@H]1CNCCN1C(=O)Nc1ccn(-c2ccc(CN3CCC(N)CC3)cc2)c(=O)n1. The van der Waals surface area contributed by atoms with Gasteiger partial charge in [0.15, 0.2) is 0 Å². The van der Waals surface area contributed by atoms with Crippen LogP contribution in [0.2, 0.25) is 0 Å². The van der Waals surface area contributed by atoms with Crippen LogP contribution in [0.1, 0.15) is 25.3 Å². The van der Waals surface area contributed by atoms with Gasteiger partial charge in [0.25, 0.3) is 0 Å². The van der Waals surface area contributed by atoms with E-state index in [1.54, 1.807) is 17.2 Å². The third kappa shape index (κ3) is 5.30. The van der Waals surface area contributed by atoms with E-state index in [9.17, 15) is 9.59 Å². The summed E-state index contributed by atoms with van der Waals surface area (Å²) in [6, 6.07) is 9.76. The van der Waals surface area contributed by atoms with Gasteiger partial charge < -0.3 is 16.0 Å². The summed E-state index contributed by atoms with van der Waals surface area (Å²) in [7, 11) is 0. The second kappa shape index (κ2) is 9.59. The minimum Gasteiger partial charge on any atom is -0.328 e. The molecule has 1 atom stereocenters. The molecular formula is C22H31N7O2. The minimum atomic E-state index is -0.427. The van der Waals surface area contributed by atoms with E-state index in [2.05, 4.69) is 20.5 Å². The summed E-state index contributed by atoms with van der Waals surface area (Å²) in [5.41, 5.74) is 7.50. The zero-order valence-corrected chi connectivity index (χ0v) is 18.0. The Morgan fingerprint density at radius 3 is 2.61 bits per heavy atom. The molecule has 2 aliphatic rings. The summed E-state index contributed by atoms with van der Waals surface area (Å²) in [6.45, 7) is 7.05. The molecular weight excluding hydrogens is 394 g/mol. The highest BCUT2D eigenvalue weighted by atomic mass is 16.2. The van der Waals surface area contributed by atoms with E-state index >= 15 is 0 Å². The molecule has 0 saturated carbocycles. The second-order valence-electron chi connectivity index (χ2n) is 8.42. The Bertz CT molecular complexity index is 951. The molecule has 9 heteroatoms. The predicted octanol–water partition coefficient (Wildman–Crippen LogP) is 0.981. The van der Waals surface area contributed by atoms with Crippen LogP contribution in [0.3, 0.4) is 0 Å². The zero-order chi connectivity index (χ0) is 21.8. The lowest BCUT2D eigenvalue weighted by molar-refractivity contribution is 0.177. The van der Waals surface area contributed by atoms with E-state index < -0.39 is 5.69 Å². The smallest absolute Gasteiger partial charge is 0.328 e. The molecule has 2 amide bonds. The maximum atomic E-state index is 12.6. The Hall–Kier alpha value is -2.75. The molecule has 0 bridgehead atoms. The van der Waals surface area contributed by atoms with Gasteiger partial charge in [-0.05, 0) is 56.6 Å². The van der Waals surface area contributed by atoms with Crippen molar-refractivity contribution in [2.24, 2.45) is 5.73 Å². The Morgan fingerprint density at radius 1 is 1.19 bits per heavy atom. The molecule has 0 aliphatic carbocycles. The summed E-state index contributed by atoms with van der Waals surface area (Å²) in [6.07, 6.45) is 3.72. The first-order chi connectivity index (χ1) is 15.0. The van der Waals surface area contributed by atoms with Crippen molar-refractivity contribution in [2.45, 2.75) is 38.4 Å². The van der Waals surface area contributed by atoms with Crippen molar-refractivity contribution < 1.29 is 4.79 Å². The number of nitrogens with two attached hydrogens (primary N) is 1. The molecule has 166 valence electrons. The molecule has 0 spiro atoms. The van der Waals surface area contributed by atoms with Crippen molar-refractivity contribution in [3.63, 3.8) is 0 Å². The van der Waals surface area contributed by atoms with Crippen molar-refractivity contribution in [1.29, 1.82) is 0 Å². The summed E-state index contributed by atoms with van der Waals surface area (Å²) in [5.74, 6) is 0.261. The number of rotatable bonds is 4. The molecule has 31 heavy (non-hydrogen) atoms. The minimum absolute atomic E-state index is 0.0919. The van der Waals surface area contributed by atoms with Crippen LogP contribution in [-0.2, 0) is 6.54 Å². The second-order valence-corrected chi connectivity index (χ2v) is 8.42. The number of nitrogens with one attached hydrogen (secondary N) is 2. The fourth-order valence-electron chi connectivity index (χ4n) is 4.12. The number of piperazine rings is 1. The number of nitrogens with zero attached hydrogens (tertiary/aromatic N) is 4. The summed E-state index contributed by atoms with van der Waals surface area (Å²) >= 11 is 0. The fourth-order valence-corrected chi connectivity index (χ4v) is 4.12. The molecule has 4 N–H and O–H groups in total. The molecule has 2 fully saturated rings. The Morgan fingerprint density at radius 2 is 1.94 bits per heavy atom. The van der Waals surface area contributed by atoms with Crippen LogP contribution in [0.4, 0.5) is 10.6 Å². The first-order valence-electron chi connectivity index (χ1n) is 10.9. The molecule has 4 rings (SSSR count). The van der Waals surface area contributed by atoms with Gasteiger partial charge in [0, 0.05) is 44.5 Å². The Kier molecular flexibility index (Phi) is 6.64. The van der Waals surface area contributed by atoms with Crippen molar-refractivity contribution in [3.05, 3.63) is 52.6 Å². The lowest BCUT2D eigenvalue weighted by Crippen LogP contribution is -2.53. The van der Waals surface area contributed by atoms with Gasteiger partial charge >= 0.3 is 11.7 Å². The number of carbonyl (C=O) groups excluding carboxylic acids is 1. The fraction of sp³-hybridized carbons (Fsp3) is 0.500. The molecule has 9 nitrogen and oxygen atoms in total. The van der Waals surface area contributed by atoms with Gasteiger partial charge in [0.2, 0.25) is 0 Å². The number of piperidine rings is 1. The van der Waals surface area contributed by atoms with Gasteiger partial charge in [-0.3, -0.25) is 14.8 Å². The lowest BCUT2D eigenvalue weighted by Gasteiger charge is -2.33. The molecule has 3 heterocycles. The maximum Gasteiger partial charge on any atom is 0.354 e. The van der Waals surface area contributed by atoms with E-state index in [0.717, 1.165) is 51.3 Å². The number of hydrogen-bond donors (Lipinski definition) is 3. The van der Waals surface area contributed by atoms with E-state index in [1.807, 2.05) is 31.2 Å². The summed E-state index contributed by atoms with van der Waals surface area (Å²) in [4.78, 5) is 33.2. The number of anilines is 1. The van der Waals surface area contributed by atoms with Crippen LogP contribution in [-0.4, -0.2) is 70.2 Å². The monoisotopic (exact) mass is 425 g/mol. The van der Waals surface area contributed by atoms with Crippen LogP contribution >= 0.6 is 0 Å². The van der Waals surface area contributed by atoms with Crippen molar-refractivity contribution in [2.75, 3.05) is 38.0 Å². The number of hydrogen-bond acceptors (Lipinski definition) is 6.